The topological polar surface area (TPSA) is 87.6 Å². The average molecular weight is 453 g/mol. The number of benzene rings is 2. The van der Waals surface area contributed by atoms with E-state index in [1.807, 2.05) is 45.0 Å². The van der Waals surface area contributed by atoms with Gasteiger partial charge in [-0.2, -0.15) is 0 Å². The maximum atomic E-state index is 13.9. The number of nitrogens with zero attached hydrogens (tertiary/aromatic N) is 3. The van der Waals surface area contributed by atoms with Crippen molar-refractivity contribution in [2.45, 2.75) is 45.8 Å². The van der Waals surface area contributed by atoms with Gasteiger partial charge in [0.1, 0.15) is 23.0 Å². The first-order chi connectivity index (χ1) is 15.6. The highest BCUT2D eigenvalue weighted by atomic mass is 19.1. The van der Waals surface area contributed by atoms with Crippen molar-refractivity contribution in [2.75, 3.05) is 18.4 Å². The summed E-state index contributed by atoms with van der Waals surface area (Å²) in [6.07, 6.45) is 0.542. The Hall–Kier alpha value is -3.42. The number of halogens is 1. The maximum absolute atomic E-state index is 13.9. The Labute approximate surface area is 192 Å². The van der Waals surface area contributed by atoms with Crippen molar-refractivity contribution < 1.29 is 19.0 Å². The summed E-state index contributed by atoms with van der Waals surface area (Å²) in [7, 11) is 0. The van der Waals surface area contributed by atoms with Gasteiger partial charge in [-0.15, -0.1) is 0 Å². The van der Waals surface area contributed by atoms with Gasteiger partial charge in [0.05, 0.1) is 11.1 Å². The Morgan fingerprint density at radius 2 is 1.97 bits per heavy atom. The molecule has 33 heavy (non-hydrogen) atoms. The monoisotopic (exact) mass is 452 g/mol. The molecular formula is C25H29FN4O3. The molecule has 2 heterocycles. The first kappa shape index (κ1) is 22.8. The Bertz CT molecular complexity index is 1180. The molecule has 1 aliphatic heterocycles. The van der Waals surface area contributed by atoms with Gasteiger partial charge in [0.15, 0.2) is 5.82 Å². The molecule has 8 heteroatoms. The van der Waals surface area contributed by atoms with E-state index in [0.29, 0.717) is 24.4 Å². The van der Waals surface area contributed by atoms with Gasteiger partial charge in [-0.3, -0.25) is 0 Å². The molecule has 2 aromatic carbocycles. The summed E-state index contributed by atoms with van der Waals surface area (Å²) in [5, 5.41) is 14.6. The lowest BCUT2D eigenvalue weighted by Gasteiger charge is -2.24. The van der Waals surface area contributed by atoms with E-state index in [0.717, 1.165) is 11.8 Å². The Kier molecular flexibility index (Phi) is 6.10. The first-order valence-corrected chi connectivity index (χ1v) is 11.1. The number of hydrogen-bond donors (Lipinski definition) is 2. The molecule has 1 saturated heterocycles. The summed E-state index contributed by atoms with van der Waals surface area (Å²) >= 11 is 0. The van der Waals surface area contributed by atoms with Gasteiger partial charge >= 0.3 is 6.09 Å². The van der Waals surface area contributed by atoms with Crippen molar-refractivity contribution in [3.8, 4) is 17.1 Å². The van der Waals surface area contributed by atoms with Crippen LogP contribution in [0.25, 0.3) is 22.3 Å². The number of para-hydroxylation sites is 1. The van der Waals surface area contributed by atoms with E-state index >= 15 is 0 Å². The van der Waals surface area contributed by atoms with Crippen molar-refractivity contribution >= 4 is 22.8 Å². The molecule has 2 atom stereocenters. The number of phenols is 1. The van der Waals surface area contributed by atoms with Crippen LogP contribution in [-0.2, 0) is 4.74 Å². The number of aromatic hydroxyl groups is 1. The average Bonchev–Trinajstić information content (AvgIpc) is 3.17. The SMILES string of the molecule is CC[C@@H]1CN(C(=O)OC(C)(C)C)CC1Nc1nc(-c2cc(F)ccc2O)nc2ccccc12. The predicted molar refractivity (Wildman–Crippen MR) is 126 cm³/mol. The molecule has 0 radical (unpaired) electrons. The van der Waals surface area contributed by atoms with E-state index in [-0.39, 0.29) is 35.2 Å². The first-order valence-electron chi connectivity index (χ1n) is 11.1. The second-order valence-electron chi connectivity index (χ2n) is 9.38. The summed E-state index contributed by atoms with van der Waals surface area (Å²) in [6, 6.07) is 11.2. The number of carbonyl (C=O) groups excluding carboxylic acids is 1. The fourth-order valence-corrected chi connectivity index (χ4v) is 4.09. The molecule has 0 saturated carbocycles. The fourth-order valence-electron chi connectivity index (χ4n) is 4.09. The quantitative estimate of drug-likeness (QED) is 0.566. The van der Waals surface area contributed by atoms with Crippen molar-refractivity contribution in [3.05, 3.63) is 48.3 Å². The molecule has 3 aromatic rings. The lowest BCUT2D eigenvalue weighted by atomic mass is 10.0. The zero-order valence-corrected chi connectivity index (χ0v) is 19.3. The molecule has 1 unspecified atom stereocenters. The number of hydrogen-bond acceptors (Lipinski definition) is 6. The molecule has 174 valence electrons. The van der Waals surface area contributed by atoms with Gasteiger partial charge in [0.25, 0.3) is 0 Å². The van der Waals surface area contributed by atoms with Crippen LogP contribution < -0.4 is 5.32 Å². The third-order valence-electron chi connectivity index (χ3n) is 5.74. The predicted octanol–water partition coefficient (Wildman–Crippen LogP) is 5.20. The summed E-state index contributed by atoms with van der Waals surface area (Å²) < 4.78 is 19.4. The Morgan fingerprint density at radius 1 is 1.21 bits per heavy atom. The molecule has 1 fully saturated rings. The number of anilines is 1. The van der Waals surface area contributed by atoms with Gasteiger partial charge in [-0.25, -0.2) is 19.2 Å². The van der Waals surface area contributed by atoms with Crippen LogP contribution >= 0.6 is 0 Å². The van der Waals surface area contributed by atoms with E-state index in [9.17, 15) is 14.3 Å². The molecule has 1 amide bonds. The number of likely N-dealkylation sites (tertiary alicyclic amines) is 1. The Balaban J connectivity index is 1.68. The zero-order valence-electron chi connectivity index (χ0n) is 19.3. The second-order valence-corrected chi connectivity index (χ2v) is 9.38. The molecular weight excluding hydrogens is 423 g/mol. The highest BCUT2D eigenvalue weighted by molar-refractivity contribution is 5.91. The molecule has 2 N–H and O–H groups in total. The van der Waals surface area contributed by atoms with E-state index in [1.54, 1.807) is 4.90 Å². The Morgan fingerprint density at radius 3 is 2.70 bits per heavy atom. The number of nitrogens with one attached hydrogen (secondary N) is 1. The highest BCUT2D eigenvalue weighted by Crippen LogP contribution is 2.32. The number of carbonyl (C=O) groups is 1. The van der Waals surface area contributed by atoms with Crippen molar-refractivity contribution in [3.63, 3.8) is 0 Å². The minimum Gasteiger partial charge on any atom is -0.507 e. The standard InChI is InChI=1S/C25H29FN4O3/c1-5-15-13-30(24(32)33-25(2,3)4)14-20(15)28-22-17-8-6-7-9-19(17)27-23(29-22)18-12-16(26)10-11-21(18)31/h6-12,15,20,31H,5,13-14H2,1-4H3,(H,27,28,29)/t15-,20?/m1/s1. The molecule has 7 nitrogen and oxygen atoms in total. The van der Waals surface area contributed by atoms with Crippen LogP contribution in [-0.4, -0.2) is 50.8 Å². The van der Waals surface area contributed by atoms with Crippen molar-refractivity contribution in [2.24, 2.45) is 5.92 Å². The van der Waals surface area contributed by atoms with Crippen LogP contribution in [0.1, 0.15) is 34.1 Å². The van der Waals surface area contributed by atoms with Crippen LogP contribution in [0.2, 0.25) is 0 Å². The summed E-state index contributed by atoms with van der Waals surface area (Å²) in [5.74, 6) is 0.430. The minimum absolute atomic E-state index is 0.0465. The van der Waals surface area contributed by atoms with Crippen LogP contribution in [0.5, 0.6) is 5.75 Å². The van der Waals surface area contributed by atoms with Crippen LogP contribution in [0.4, 0.5) is 15.0 Å². The molecule has 0 spiro atoms. The fraction of sp³-hybridized carbons (Fsp3) is 0.400. The molecule has 1 aliphatic rings. The molecule has 0 bridgehead atoms. The van der Waals surface area contributed by atoms with Crippen LogP contribution in [0.3, 0.4) is 0 Å². The number of ether oxygens (including phenoxy) is 1. The number of phenolic OH excluding ortho intramolecular Hbond substituents is 1. The van der Waals surface area contributed by atoms with Gasteiger partial charge in [0.2, 0.25) is 0 Å². The van der Waals surface area contributed by atoms with Crippen LogP contribution in [0.15, 0.2) is 42.5 Å². The summed E-state index contributed by atoms with van der Waals surface area (Å²) in [6.45, 7) is 8.71. The molecule has 4 rings (SSSR count). The highest BCUT2D eigenvalue weighted by Gasteiger charge is 2.36. The zero-order chi connectivity index (χ0) is 23.8. The van der Waals surface area contributed by atoms with Gasteiger partial charge < -0.3 is 20.1 Å². The summed E-state index contributed by atoms with van der Waals surface area (Å²) in [4.78, 5) is 23.5. The molecule has 1 aromatic heterocycles. The summed E-state index contributed by atoms with van der Waals surface area (Å²) in [5.41, 5.74) is 0.330. The van der Waals surface area contributed by atoms with Crippen LogP contribution in [0, 0.1) is 11.7 Å². The van der Waals surface area contributed by atoms with E-state index in [2.05, 4.69) is 22.2 Å². The largest absolute Gasteiger partial charge is 0.507 e. The normalized spacial score (nSPS) is 18.5. The number of aromatic nitrogens is 2. The third-order valence-corrected chi connectivity index (χ3v) is 5.74. The van der Waals surface area contributed by atoms with Gasteiger partial charge in [-0.1, -0.05) is 19.1 Å². The van der Waals surface area contributed by atoms with Crippen molar-refractivity contribution in [1.29, 1.82) is 0 Å². The van der Waals surface area contributed by atoms with E-state index in [1.165, 1.54) is 18.2 Å². The number of amides is 1. The number of rotatable bonds is 4. The van der Waals surface area contributed by atoms with Crippen molar-refractivity contribution in [1.82, 2.24) is 14.9 Å². The lowest BCUT2D eigenvalue weighted by molar-refractivity contribution is 0.0287. The molecule has 0 aliphatic carbocycles. The maximum Gasteiger partial charge on any atom is 0.410 e. The second kappa shape index (κ2) is 8.84. The number of fused-ring (bicyclic) bond motifs is 1. The lowest BCUT2D eigenvalue weighted by Crippen LogP contribution is -2.36. The van der Waals surface area contributed by atoms with Gasteiger partial charge in [0, 0.05) is 24.5 Å². The smallest absolute Gasteiger partial charge is 0.410 e. The third kappa shape index (κ3) is 4.99. The van der Waals surface area contributed by atoms with E-state index < -0.39 is 11.4 Å². The minimum atomic E-state index is -0.560. The van der Waals surface area contributed by atoms with E-state index in [4.69, 9.17) is 4.74 Å². The van der Waals surface area contributed by atoms with Gasteiger partial charge in [-0.05, 0) is 63.4 Å².